The lowest BCUT2D eigenvalue weighted by atomic mass is 10.0. The molecule has 20 heavy (non-hydrogen) atoms. The third kappa shape index (κ3) is 3.60. The SMILES string of the molecule is CC(C)c1ccc(COC(=O)c2cccc(N)c2)cc1. The highest BCUT2D eigenvalue weighted by atomic mass is 16.5. The average molecular weight is 269 g/mol. The highest BCUT2D eigenvalue weighted by Gasteiger charge is 2.07. The molecule has 2 rings (SSSR count). The lowest BCUT2D eigenvalue weighted by Gasteiger charge is -2.08. The molecule has 104 valence electrons. The fourth-order valence-corrected chi connectivity index (χ4v) is 1.90. The van der Waals surface area contributed by atoms with Gasteiger partial charge in [0.25, 0.3) is 0 Å². The number of hydrogen-bond acceptors (Lipinski definition) is 3. The number of carbonyl (C=O) groups excluding carboxylic acids is 1. The van der Waals surface area contributed by atoms with Crippen molar-refractivity contribution >= 4 is 11.7 Å². The number of rotatable bonds is 4. The van der Waals surface area contributed by atoms with E-state index in [0.29, 0.717) is 17.2 Å². The van der Waals surface area contributed by atoms with Crippen LogP contribution in [-0.2, 0) is 11.3 Å². The Bertz CT molecular complexity index is 588. The molecule has 0 saturated carbocycles. The van der Waals surface area contributed by atoms with Crippen LogP contribution >= 0.6 is 0 Å². The van der Waals surface area contributed by atoms with Gasteiger partial charge in [0.05, 0.1) is 5.56 Å². The van der Waals surface area contributed by atoms with Gasteiger partial charge in [-0.05, 0) is 35.2 Å². The Morgan fingerprint density at radius 1 is 1.15 bits per heavy atom. The smallest absolute Gasteiger partial charge is 0.338 e. The Morgan fingerprint density at radius 2 is 1.85 bits per heavy atom. The minimum absolute atomic E-state index is 0.270. The second kappa shape index (κ2) is 6.24. The van der Waals surface area contributed by atoms with Gasteiger partial charge >= 0.3 is 5.97 Å². The van der Waals surface area contributed by atoms with Crippen LogP contribution in [0.1, 0.15) is 41.3 Å². The van der Waals surface area contributed by atoms with Gasteiger partial charge in [0.15, 0.2) is 0 Å². The Hall–Kier alpha value is -2.29. The molecule has 0 saturated heterocycles. The second-order valence-corrected chi connectivity index (χ2v) is 5.10. The van der Waals surface area contributed by atoms with Gasteiger partial charge in [0.1, 0.15) is 6.61 Å². The van der Waals surface area contributed by atoms with E-state index < -0.39 is 0 Å². The maximum atomic E-state index is 11.9. The van der Waals surface area contributed by atoms with Crippen molar-refractivity contribution < 1.29 is 9.53 Å². The van der Waals surface area contributed by atoms with E-state index in [4.69, 9.17) is 10.5 Å². The predicted octanol–water partition coefficient (Wildman–Crippen LogP) is 3.75. The van der Waals surface area contributed by atoms with E-state index in [1.807, 2.05) is 12.1 Å². The Morgan fingerprint density at radius 3 is 2.45 bits per heavy atom. The number of ether oxygens (including phenoxy) is 1. The molecular weight excluding hydrogens is 250 g/mol. The Kier molecular flexibility index (Phi) is 4.41. The third-order valence-corrected chi connectivity index (χ3v) is 3.14. The molecule has 0 aromatic heterocycles. The van der Waals surface area contributed by atoms with E-state index in [2.05, 4.69) is 26.0 Å². The summed E-state index contributed by atoms with van der Waals surface area (Å²) in [4.78, 5) is 11.9. The van der Waals surface area contributed by atoms with Gasteiger partial charge in [-0.1, -0.05) is 44.2 Å². The van der Waals surface area contributed by atoms with Gasteiger partial charge in [-0.15, -0.1) is 0 Å². The summed E-state index contributed by atoms with van der Waals surface area (Å²) < 4.78 is 5.27. The van der Waals surface area contributed by atoms with Crippen LogP contribution in [-0.4, -0.2) is 5.97 Å². The number of nitrogens with two attached hydrogens (primary N) is 1. The number of anilines is 1. The van der Waals surface area contributed by atoms with Crippen LogP contribution in [0.25, 0.3) is 0 Å². The van der Waals surface area contributed by atoms with E-state index >= 15 is 0 Å². The Balaban J connectivity index is 1.96. The standard InChI is InChI=1S/C17H19NO2/c1-12(2)14-8-6-13(7-9-14)11-20-17(19)15-4-3-5-16(18)10-15/h3-10,12H,11,18H2,1-2H3. The molecule has 0 heterocycles. The van der Waals surface area contributed by atoms with Crippen molar-refractivity contribution in [3.05, 3.63) is 65.2 Å². The largest absolute Gasteiger partial charge is 0.457 e. The van der Waals surface area contributed by atoms with E-state index in [9.17, 15) is 4.79 Å². The number of benzene rings is 2. The highest BCUT2D eigenvalue weighted by molar-refractivity contribution is 5.90. The molecule has 2 aromatic rings. The first kappa shape index (κ1) is 14.1. The van der Waals surface area contributed by atoms with Gasteiger partial charge in [-0.25, -0.2) is 4.79 Å². The van der Waals surface area contributed by atoms with Crippen molar-refractivity contribution in [3.63, 3.8) is 0 Å². The zero-order valence-corrected chi connectivity index (χ0v) is 11.8. The van der Waals surface area contributed by atoms with Gasteiger partial charge in [-0.3, -0.25) is 0 Å². The summed E-state index contributed by atoms with van der Waals surface area (Å²) in [5.41, 5.74) is 8.93. The van der Waals surface area contributed by atoms with Crippen molar-refractivity contribution in [2.75, 3.05) is 5.73 Å². The molecule has 0 atom stereocenters. The maximum absolute atomic E-state index is 11.9. The van der Waals surface area contributed by atoms with E-state index in [1.54, 1.807) is 24.3 Å². The van der Waals surface area contributed by atoms with Gasteiger partial charge in [0.2, 0.25) is 0 Å². The summed E-state index contributed by atoms with van der Waals surface area (Å²) in [5.74, 6) is 0.143. The van der Waals surface area contributed by atoms with Crippen molar-refractivity contribution in [3.8, 4) is 0 Å². The lowest BCUT2D eigenvalue weighted by Crippen LogP contribution is -2.05. The summed E-state index contributed by atoms with van der Waals surface area (Å²) in [7, 11) is 0. The molecule has 2 N–H and O–H groups in total. The van der Waals surface area contributed by atoms with E-state index in [0.717, 1.165) is 5.56 Å². The summed E-state index contributed by atoms with van der Waals surface area (Å²) >= 11 is 0. The average Bonchev–Trinajstić information content (AvgIpc) is 2.45. The van der Waals surface area contributed by atoms with Crippen LogP contribution in [0.15, 0.2) is 48.5 Å². The molecule has 3 heteroatoms. The minimum atomic E-state index is -0.356. The van der Waals surface area contributed by atoms with Crippen LogP contribution in [0, 0.1) is 0 Å². The second-order valence-electron chi connectivity index (χ2n) is 5.10. The molecule has 2 aromatic carbocycles. The molecule has 3 nitrogen and oxygen atoms in total. The Labute approximate surface area is 119 Å². The molecule has 0 amide bonds. The first-order valence-electron chi connectivity index (χ1n) is 6.68. The van der Waals surface area contributed by atoms with Crippen molar-refractivity contribution in [2.24, 2.45) is 0 Å². The monoisotopic (exact) mass is 269 g/mol. The summed E-state index contributed by atoms with van der Waals surface area (Å²) in [6, 6.07) is 14.9. The predicted molar refractivity (Wildman–Crippen MR) is 80.5 cm³/mol. The first-order valence-corrected chi connectivity index (χ1v) is 6.68. The van der Waals surface area contributed by atoms with Crippen LogP contribution in [0.3, 0.4) is 0 Å². The molecule has 0 aliphatic rings. The molecule has 0 fully saturated rings. The van der Waals surface area contributed by atoms with Gasteiger partial charge in [-0.2, -0.15) is 0 Å². The maximum Gasteiger partial charge on any atom is 0.338 e. The number of esters is 1. The molecule has 0 bridgehead atoms. The van der Waals surface area contributed by atoms with Gasteiger partial charge in [0, 0.05) is 5.69 Å². The minimum Gasteiger partial charge on any atom is -0.457 e. The fraction of sp³-hybridized carbons (Fsp3) is 0.235. The molecular formula is C17H19NO2. The normalized spacial score (nSPS) is 10.6. The zero-order valence-electron chi connectivity index (χ0n) is 11.8. The quantitative estimate of drug-likeness (QED) is 0.679. The van der Waals surface area contributed by atoms with Crippen molar-refractivity contribution in [1.82, 2.24) is 0 Å². The molecule has 0 radical (unpaired) electrons. The highest BCUT2D eigenvalue weighted by Crippen LogP contribution is 2.15. The van der Waals surface area contributed by atoms with Gasteiger partial charge < -0.3 is 10.5 Å². The van der Waals surface area contributed by atoms with E-state index in [1.165, 1.54) is 5.56 Å². The molecule has 0 aliphatic heterocycles. The lowest BCUT2D eigenvalue weighted by molar-refractivity contribution is 0.0473. The van der Waals surface area contributed by atoms with E-state index in [-0.39, 0.29) is 12.6 Å². The molecule has 0 aliphatic carbocycles. The summed E-state index contributed by atoms with van der Waals surface area (Å²) in [6.45, 7) is 4.57. The number of hydrogen-bond donors (Lipinski definition) is 1. The van der Waals surface area contributed by atoms with Crippen molar-refractivity contribution in [2.45, 2.75) is 26.4 Å². The molecule has 0 spiro atoms. The number of carbonyl (C=O) groups is 1. The fourth-order valence-electron chi connectivity index (χ4n) is 1.90. The van der Waals surface area contributed by atoms with Crippen LogP contribution in [0.4, 0.5) is 5.69 Å². The summed E-state index contributed by atoms with van der Waals surface area (Å²) in [5, 5.41) is 0. The first-order chi connectivity index (χ1) is 9.56. The third-order valence-electron chi connectivity index (χ3n) is 3.14. The molecule has 0 unspecified atom stereocenters. The topological polar surface area (TPSA) is 52.3 Å². The van der Waals surface area contributed by atoms with Crippen molar-refractivity contribution in [1.29, 1.82) is 0 Å². The zero-order chi connectivity index (χ0) is 14.5. The van der Waals surface area contributed by atoms with Crippen LogP contribution in [0.5, 0.6) is 0 Å². The van der Waals surface area contributed by atoms with Crippen LogP contribution < -0.4 is 5.73 Å². The summed E-state index contributed by atoms with van der Waals surface area (Å²) in [6.07, 6.45) is 0. The van der Waals surface area contributed by atoms with Crippen LogP contribution in [0.2, 0.25) is 0 Å². The number of nitrogen functional groups attached to an aromatic ring is 1.